The van der Waals surface area contributed by atoms with Crippen molar-refractivity contribution >= 4 is 14.2 Å². The molecule has 0 saturated heterocycles. The normalized spacial score (nSPS) is 11.1. The van der Waals surface area contributed by atoms with E-state index in [-0.39, 0.29) is 5.91 Å². The van der Waals surface area contributed by atoms with Crippen molar-refractivity contribution in [1.29, 1.82) is 0 Å². The van der Waals surface area contributed by atoms with Gasteiger partial charge in [-0.1, -0.05) is 6.58 Å². The van der Waals surface area contributed by atoms with E-state index in [0.717, 1.165) is 0 Å². The lowest BCUT2D eigenvalue weighted by Crippen LogP contribution is -2.45. The van der Waals surface area contributed by atoms with Crippen LogP contribution in [0, 0.1) is 0 Å². The Kier molecular flexibility index (Phi) is 4.94. The first-order valence-electron chi connectivity index (χ1n) is 4.46. The van der Waals surface area contributed by atoms with E-state index in [1.165, 1.54) is 0 Å². The lowest BCUT2D eigenvalue weighted by molar-refractivity contribution is -0.117. The maximum atomic E-state index is 11.1. The molecule has 0 bridgehead atoms. The second-order valence-corrected chi connectivity index (χ2v) is 7.82. The van der Waals surface area contributed by atoms with E-state index in [1.807, 2.05) is 6.92 Å². The molecule has 0 atom stereocenters. The zero-order valence-electron chi connectivity index (χ0n) is 8.94. The van der Waals surface area contributed by atoms with Gasteiger partial charge in [0, 0.05) is 18.3 Å². The first-order chi connectivity index (χ1) is 5.89. The van der Waals surface area contributed by atoms with Crippen molar-refractivity contribution in [2.24, 2.45) is 0 Å². The van der Waals surface area contributed by atoms with Crippen LogP contribution >= 0.6 is 0 Å². The first-order valence-corrected chi connectivity index (χ1v) is 7.58. The van der Waals surface area contributed by atoms with Gasteiger partial charge in [0.15, 0.2) is 0 Å². The van der Waals surface area contributed by atoms with Crippen LogP contribution in [0.1, 0.15) is 13.8 Å². The lowest BCUT2D eigenvalue weighted by Gasteiger charge is -2.22. The van der Waals surface area contributed by atoms with E-state index < -0.39 is 8.32 Å². The molecule has 1 N–H and O–H groups in total. The monoisotopic (exact) mass is 201 g/mol. The summed E-state index contributed by atoms with van der Waals surface area (Å²) in [7, 11) is -1.69. The van der Waals surface area contributed by atoms with Crippen molar-refractivity contribution in [2.75, 3.05) is 12.8 Å². The predicted molar refractivity (Wildman–Crippen MR) is 56.9 cm³/mol. The fraction of sp³-hybridized carbons (Fsp3) is 0.667. The molecule has 0 aliphatic heterocycles. The highest BCUT2D eigenvalue weighted by Gasteiger charge is 2.22. The fourth-order valence-corrected chi connectivity index (χ4v) is 2.36. The van der Waals surface area contributed by atoms with Crippen LogP contribution in [0.3, 0.4) is 0 Å². The minimum Gasteiger partial charge on any atom is -0.416 e. The Morgan fingerprint density at radius 2 is 2.08 bits per heavy atom. The standard InChI is InChI=1S/C9H19NO2Si/c1-6-12-13(4,5)7-10-9(11)8(2)3/h2,6-7H2,1,3-5H3,(H,10,11). The molecule has 3 nitrogen and oxygen atoms in total. The second kappa shape index (κ2) is 5.19. The van der Waals surface area contributed by atoms with Crippen LogP contribution in [-0.2, 0) is 9.22 Å². The molecule has 4 heteroatoms. The van der Waals surface area contributed by atoms with Crippen molar-refractivity contribution < 1.29 is 9.22 Å². The largest absolute Gasteiger partial charge is 0.416 e. The molecular weight excluding hydrogens is 182 g/mol. The van der Waals surface area contributed by atoms with E-state index in [2.05, 4.69) is 25.0 Å². The number of carbonyl (C=O) groups is 1. The van der Waals surface area contributed by atoms with Gasteiger partial charge in [-0.2, -0.15) is 0 Å². The van der Waals surface area contributed by atoms with Crippen molar-refractivity contribution in [2.45, 2.75) is 26.9 Å². The van der Waals surface area contributed by atoms with Gasteiger partial charge >= 0.3 is 0 Å². The average Bonchev–Trinajstić information content (AvgIpc) is 2.00. The van der Waals surface area contributed by atoms with E-state index in [0.29, 0.717) is 18.3 Å². The van der Waals surface area contributed by atoms with E-state index >= 15 is 0 Å². The summed E-state index contributed by atoms with van der Waals surface area (Å²) in [6.07, 6.45) is 0.645. The molecule has 0 rings (SSSR count). The van der Waals surface area contributed by atoms with Gasteiger partial charge in [-0.25, -0.2) is 0 Å². The Morgan fingerprint density at radius 1 is 1.54 bits per heavy atom. The average molecular weight is 201 g/mol. The topological polar surface area (TPSA) is 38.3 Å². The van der Waals surface area contributed by atoms with Crippen LogP contribution in [0.5, 0.6) is 0 Å². The molecule has 1 amide bonds. The number of hydrogen-bond donors (Lipinski definition) is 1. The Labute approximate surface area is 81.3 Å². The van der Waals surface area contributed by atoms with E-state index in [4.69, 9.17) is 4.43 Å². The van der Waals surface area contributed by atoms with Crippen molar-refractivity contribution in [3.63, 3.8) is 0 Å². The highest BCUT2D eigenvalue weighted by molar-refractivity contribution is 6.71. The molecule has 0 aromatic heterocycles. The second-order valence-electron chi connectivity index (χ2n) is 3.66. The Balaban J connectivity index is 3.87. The van der Waals surface area contributed by atoms with Crippen molar-refractivity contribution in [3.8, 4) is 0 Å². The molecule has 76 valence electrons. The summed E-state index contributed by atoms with van der Waals surface area (Å²) < 4.78 is 5.55. The van der Waals surface area contributed by atoms with Gasteiger partial charge in [0.1, 0.15) is 0 Å². The van der Waals surface area contributed by atoms with Gasteiger partial charge in [-0.15, -0.1) is 0 Å². The number of carbonyl (C=O) groups excluding carboxylic acids is 1. The van der Waals surface area contributed by atoms with Gasteiger partial charge < -0.3 is 9.74 Å². The zero-order valence-corrected chi connectivity index (χ0v) is 9.94. The Morgan fingerprint density at radius 3 is 2.46 bits per heavy atom. The van der Waals surface area contributed by atoms with Crippen LogP contribution < -0.4 is 5.32 Å². The molecular formula is C9H19NO2Si. The third-order valence-electron chi connectivity index (χ3n) is 1.60. The van der Waals surface area contributed by atoms with Gasteiger partial charge in [0.25, 0.3) is 0 Å². The molecule has 13 heavy (non-hydrogen) atoms. The minimum atomic E-state index is -1.69. The van der Waals surface area contributed by atoms with E-state index in [9.17, 15) is 4.79 Å². The summed E-state index contributed by atoms with van der Waals surface area (Å²) >= 11 is 0. The number of rotatable bonds is 5. The molecule has 0 aromatic rings. The summed E-state index contributed by atoms with van der Waals surface area (Å²) in [6, 6.07) is 0. The molecule has 0 aliphatic carbocycles. The van der Waals surface area contributed by atoms with Crippen molar-refractivity contribution in [3.05, 3.63) is 12.2 Å². The highest BCUT2D eigenvalue weighted by Crippen LogP contribution is 2.02. The maximum Gasteiger partial charge on any atom is 0.246 e. The number of amides is 1. The summed E-state index contributed by atoms with van der Waals surface area (Å²) in [5, 5.41) is 2.81. The number of nitrogens with one attached hydrogen (secondary N) is 1. The van der Waals surface area contributed by atoms with Gasteiger partial charge in [-0.3, -0.25) is 4.79 Å². The minimum absolute atomic E-state index is 0.0831. The van der Waals surface area contributed by atoms with Crippen molar-refractivity contribution in [1.82, 2.24) is 5.32 Å². The maximum absolute atomic E-state index is 11.1. The molecule has 0 aromatic carbocycles. The smallest absolute Gasteiger partial charge is 0.246 e. The van der Waals surface area contributed by atoms with E-state index in [1.54, 1.807) is 6.92 Å². The molecule has 0 aliphatic rings. The highest BCUT2D eigenvalue weighted by atomic mass is 28.4. The zero-order chi connectivity index (χ0) is 10.5. The summed E-state index contributed by atoms with van der Waals surface area (Å²) in [5.74, 6) is -0.0831. The number of hydrogen-bond acceptors (Lipinski definition) is 2. The summed E-state index contributed by atoms with van der Waals surface area (Å²) in [6.45, 7) is 12.1. The third kappa shape index (κ3) is 5.60. The summed E-state index contributed by atoms with van der Waals surface area (Å²) in [5.41, 5.74) is 0.543. The Bertz CT molecular complexity index is 202. The third-order valence-corrected chi connectivity index (χ3v) is 3.70. The molecule has 0 spiro atoms. The molecule has 0 saturated carbocycles. The van der Waals surface area contributed by atoms with Gasteiger partial charge in [0.05, 0.1) is 0 Å². The van der Waals surface area contributed by atoms with Gasteiger partial charge in [-0.05, 0) is 26.9 Å². The van der Waals surface area contributed by atoms with Crippen LogP contribution in [-0.4, -0.2) is 27.0 Å². The molecule has 0 radical (unpaired) electrons. The first kappa shape index (κ1) is 12.4. The Hall–Kier alpha value is -0.613. The SMILES string of the molecule is C=C(C)C(=O)NC[Si](C)(C)OCC. The molecule has 0 heterocycles. The summed E-state index contributed by atoms with van der Waals surface area (Å²) in [4.78, 5) is 11.1. The van der Waals surface area contributed by atoms with Crippen LogP contribution in [0.4, 0.5) is 0 Å². The van der Waals surface area contributed by atoms with Crippen LogP contribution in [0.2, 0.25) is 13.1 Å². The van der Waals surface area contributed by atoms with Gasteiger partial charge in [0.2, 0.25) is 14.2 Å². The molecule has 0 fully saturated rings. The quantitative estimate of drug-likeness (QED) is 0.540. The fourth-order valence-electron chi connectivity index (χ4n) is 0.886. The lowest BCUT2D eigenvalue weighted by atomic mass is 10.3. The van der Waals surface area contributed by atoms with Crippen LogP contribution in [0.25, 0.3) is 0 Å². The van der Waals surface area contributed by atoms with Crippen LogP contribution in [0.15, 0.2) is 12.2 Å². The molecule has 0 unspecified atom stereocenters. The predicted octanol–water partition coefficient (Wildman–Crippen LogP) is 1.46.